The van der Waals surface area contributed by atoms with Gasteiger partial charge in [0.05, 0.1) is 6.54 Å². The number of urea groups is 1. The Morgan fingerprint density at radius 3 is 2.53 bits per heavy atom. The summed E-state index contributed by atoms with van der Waals surface area (Å²) < 4.78 is 0. The first-order chi connectivity index (χ1) is 8.31. The fourth-order valence-corrected chi connectivity index (χ4v) is 2.39. The van der Waals surface area contributed by atoms with E-state index in [4.69, 9.17) is 0 Å². The van der Waals surface area contributed by atoms with E-state index in [1.54, 1.807) is 0 Å². The molecule has 17 heavy (non-hydrogen) atoms. The minimum Gasteiger partial charge on any atom is -0.317 e. The number of carbonyl (C=O) groups is 1. The van der Waals surface area contributed by atoms with Gasteiger partial charge in [-0.2, -0.15) is 0 Å². The van der Waals surface area contributed by atoms with Gasteiger partial charge in [-0.3, -0.25) is 0 Å². The van der Waals surface area contributed by atoms with E-state index < -0.39 is 0 Å². The summed E-state index contributed by atoms with van der Waals surface area (Å²) in [6, 6.07) is 9.95. The van der Waals surface area contributed by atoms with Gasteiger partial charge in [0.2, 0.25) is 0 Å². The number of para-hydroxylation sites is 1. The molecule has 1 radical (unpaired) electrons. The first-order valence-corrected chi connectivity index (χ1v) is 6.25. The van der Waals surface area contributed by atoms with Crippen LogP contribution in [0, 0.1) is 6.54 Å². The van der Waals surface area contributed by atoms with Crippen LogP contribution in [0.15, 0.2) is 30.3 Å². The lowest BCUT2D eigenvalue weighted by atomic mass is 10.2. The molecule has 0 aromatic heterocycles. The quantitative estimate of drug-likeness (QED) is 0.846. The molecule has 0 saturated heterocycles. The highest BCUT2D eigenvalue weighted by atomic mass is 16.2. The van der Waals surface area contributed by atoms with Gasteiger partial charge in [0.25, 0.3) is 0 Å². The van der Waals surface area contributed by atoms with Crippen LogP contribution in [0.4, 0.5) is 10.5 Å². The Labute approximate surface area is 103 Å². The number of nitrogens with zero attached hydrogens (tertiary/aromatic N) is 1. The number of anilines is 1. The van der Waals surface area contributed by atoms with Gasteiger partial charge < -0.3 is 10.2 Å². The Morgan fingerprint density at radius 1 is 1.29 bits per heavy atom. The standard InChI is InChI=1S/C14H19N2O/c1-2-16(13-10-6-7-11-13)14(17)15-12-8-4-3-5-9-12/h2-5,8-9,13H,6-7,10-11H2,1H3,(H,15,17). The smallest absolute Gasteiger partial charge is 0.317 e. The van der Waals surface area contributed by atoms with Crippen LogP contribution in [-0.4, -0.2) is 17.0 Å². The Balaban J connectivity index is 1.97. The monoisotopic (exact) mass is 231 g/mol. The molecule has 1 aromatic carbocycles. The maximum Gasteiger partial charge on any atom is 0.322 e. The van der Waals surface area contributed by atoms with Gasteiger partial charge in [0.15, 0.2) is 0 Å². The molecule has 1 fully saturated rings. The Kier molecular flexibility index (Phi) is 4.02. The van der Waals surface area contributed by atoms with Crippen LogP contribution in [-0.2, 0) is 0 Å². The second-order valence-corrected chi connectivity index (χ2v) is 4.40. The second-order valence-electron chi connectivity index (χ2n) is 4.40. The van der Waals surface area contributed by atoms with E-state index in [9.17, 15) is 4.79 Å². The van der Waals surface area contributed by atoms with Crippen molar-refractivity contribution in [3.63, 3.8) is 0 Å². The molecule has 3 heteroatoms. The van der Waals surface area contributed by atoms with Crippen molar-refractivity contribution >= 4 is 11.7 Å². The van der Waals surface area contributed by atoms with Gasteiger partial charge in [-0.25, -0.2) is 4.79 Å². The molecule has 1 aliphatic rings. The van der Waals surface area contributed by atoms with Gasteiger partial charge in [0, 0.05) is 11.7 Å². The van der Waals surface area contributed by atoms with E-state index in [0.29, 0.717) is 6.04 Å². The predicted octanol–water partition coefficient (Wildman–Crippen LogP) is 3.64. The molecule has 0 bridgehead atoms. The minimum atomic E-state index is -0.0226. The van der Waals surface area contributed by atoms with Crippen LogP contribution in [0.5, 0.6) is 0 Å². The summed E-state index contributed by atoms with van der Waals surface area (Å²) in [4.78, 5) is 13.9. The minimum absolute atomic E-state index is 0.0226. The summed E-state index contributed by atoms with van der Waals surface area (Å²) in [6.45, 7) is 3.80. The average molecular weight is 231 g/mol. The fourth-order valence-electron chi connectivity index (χ4n) is 2.39. The van der Waals surface area contributed by atoms with Gasteiger partial charge in [-0.05, 0) is 31.9 Å². The van der Waals surface area contributed by atoms with Crippen molar-refractivity contribution in [1.82, 2.24) is 4.90 Å². The van der Waals surface area contributed by atoms with Crippen LogP contribution in [0.1, 0.15) is 32.6 Å². The molecule has 2 amide bonds. The Bertz CT molecular complexity index is 358. The second kappa shape index (κ2) is 5.71. The zero-order valence-corrected chi connectivity index (χ0v) is 10.2. The highest BCUT2D eigenvalue weighted by Crippen LogP contribution is 2.24. The van der Waals surface area contributed by atoms with Crippen LogP contribution < -0.4 is 5.32 Å². The summed E-state index contributed by atoms with van der Waals surface area (Å²) in [6.07, 6.45) is 4.69. The van der Waals surface area contributed by atoms with Crippen molar-refractivity contribution in [2.75, 3.05) is 5.32 Å². The molecule has 0 spiro atoms. The number of amides is 2. The summed E-state index contributed by atoms with van der Waals surface area (Å²) in [5.41, 5.74) is 0.849. The average Bonchev–Trinajstić information content (AvgIpc) is 2.85. The highest BCUT2D eigenvalue weighted by molar-refractivity contribution is 5.89. The number of carbonyl (C=O) groups excluding carboxylic acids is 1. The van der Waals surface area contributed by atoms with E-state index in [0.717, 1.165) is 18.5 Å². The van der Waals surface area contributed by atoms with Crippen molar-refractivity contribution < 1.29 is 4.79 Å². The first-order valence-electron chi connectivity index (χ1n) is 6.25. The molecule has 2 rings (SSSR count). The van der Waals surface area contributed by atoms with Crippen molar-refractivity contribution in [3.05, 3.63) is 36.9 Å². The third-order valence-electron chi connectivity index (χ3n) is 3.26. The molecule has 1 N–H and O–H groups in total. The third kappa shape index (κ3) is 2.99. The summed E-state index contributed by atoms with van der Waals surface area (Å²) in [5.74, 6) is 0. The molecule has 91 valence electrons. The van der Waals surface area contributed by atoms with Crippen LogP contribution in [0.25, 0.3) is 0 Å². The molecule has 1 aromatic rings. The summed E-state index contributed by atoms with van der Waals surface area (Å²) in [7, 11) is 0. The zero-order chi connectivity index (χ0) is 12.1. The van der Waals surface area contributed by atoms with Crippen LogP contribution >= 0.6 is 0 Å². The number of benzene rings is 1. The SMILES string of the molecule is C[CH]N(C(=O)Nc1ccccc1)C1CCCC1. The number of rotatable bonds is 3. The number of hydrogen-bond donors (Lipinski definition) is 1. The number of nitrogens with one attached hydrogen (secondary N) is 1. The van der Waals surface area contributed by atoms with Crippen LogP contribution in [0.2, 0.25) is 0 Å². The molecule has 1 aliphatic carbocycles. The van der Waals surface area contributed by atoms with E-state index in [-0.39, 0.29) is 6.03 Å². The topological polar surface area (TPSA) is 32.3 Å². The lowest BCUT2D eigenvalue weighted by Gasteiger charge is -2.27. The fraction of sp³-hybridized carbons (Fsp3) is 0.429. The van der Waals surface area contributed by atoms with Crippen molar-refractivity contribution in [2.24, 2.45) is 0 Å². The maximum absolute atomic E-state index is 12.1. The molecule has 3 nitrogen and oxygen atoms in total. The molecular formula is C14H19N2O. The van der Waals surface area contributed by atoms with E-state index in [1.807, 2.05) is 48.7 Å². The molecular weight excluding hydrogens is 212 g/mol. The Morgan fingerprint density at radius 2 is 1.94 bits per heavy atom. The van der Waals surface area contributed by atoms with Gasteiger partial charge in [0.1, 0.15) is 0 Å². The largest absolute Gasteiger partial charge is 0.322 e. The van der Waals surface area contributed by atoms with Gasteiger partial charge in [-0.1, -0.05) is 31.0 Å². The highest BCUT2D eigenvalue weighted by Gasteiger charge is 2.25. The number of hydrogen-bond acceptors (Lipinski definition) is 1. The van der Waals surface area contributed by atoms with E-state index in [1.165, 1.54) is 12.8 Å². The molecule has 0 atom stereocenters. The first kappa shape index (κ1) is 12.0. The van der Waals surface area contributed by atoms with Crippen molar-refractivity contribution in [2.45, 2.75) is 38.6 Å². The lowest BCUT2D eigenvalue weighted by molar-refractivity contribution is 0.206. The lowest BCUT2D eigenvalue weighted by Crippen LogP contribution is -2.39. The maximum atomic E-state index is 12.1. The summed E-state index contributed by atoms with van der Waals surface area (Å²) >= 11 is 0. The summed E-state index contributed by atoms with van der Waals surface area (Å²) in [5, 5.41) is 2.93. The zero-order valence-electron chi connectivity index (χ0n) is 10.2. The van der Waals surface area contributed by atoms with Crippen molar-refractivity contribution in [1.29, 1.82) is 0 Å². The normalized spacial score (nSPS) is 15.8. The van der Waals surface area contributed by atoms with Crippen LogP contribution in [0.3, 0.4) is 0 Å². The van der Waals surface area contributed by atoms with Crippen molar-refractivity contribution in [3.8, 4) is 0 Å². The van der Waals surface area contributed by atoms with E-state index in [2.05, 4.69) is 5.32 Å². The van der Waals surface area contributed by atoms with Gasteiger partial charge in [-0.15, -0.1) is 0 Å². The predicted molar refractivity (Wildman–Crippen MR) is 69.5 cm³/mol. The third-order valence-corrected chi connectivity index (χ3v) is 3.26. The molecule has 1 saturated carbocycles. The van der Waals surface area contributed by atoms with E-state index >= 15 is 0 Å². The Hall–Kier alpha value is -1.51. The molecule has 0 aliphatic heterocycles. The van der Waals surface area contributed by atoms with Gasteiger partial charge >= 0.3 is 6.03 Å². The molecule has 0 unspecified atom stereocenters. The molecule has 0 heterocycles.